The monoisotopic (exact) mass is 291 g/mol. The average molecular weight is 291 g/mol. The number of amides is 2. The van der Waals surface area contributed by atoms with Crippen LogP contribution in [-0.4, -0.2) is 16.7 Å². The molecule has 0 aliphatic heterocycles. The van der Waals surface area contributed by atoms with Crippen LogP contribution in [0.25, 0.3) is 0 Å². The van der Waals surface area contributed by atoms with Crippen molar-refractivity contribution in [2.45, 2.75) is 0 Å². The summed E-state index contributed by atoms with van der Waals surface area (Å²) in [4.78, 5) is 33.4. The first-order valence-corrected chi connectivity index (χ1v) is 6.29. The summed E-state index contributed by atoms with van der Waals surface area (Å²) in [5.41, 5.74) is 4.83. The summed E-state index contributed by atoms with van der Waals surface area (Å²) in [6.45, 7) is 0. The predicted octanol–water partition coefficient (Wildman–Crippen LogP) is 1.73. The minimum atomic E-state index is -0.604. The molecular weight excluding hydrogens is 282 g/mol. The van der Waals surface area contributed by atoms with Gasteiger partial charge in [0.2, 0.25) is 0 Å². The number of nitrogens with zero attached hydrogens (tertiary/aromatic N) is 1. The van der Waals surface area contributed by atoms with Crippen LogP contribution >= 0.6 is 11.3 Å². The third-order valence-electron chi connectivity index (χ3n) is 2.32. The van der Waals surface area contributed by atoms with Crippen molar-refractivity contribution < 1.29 is 14.5 Å². The smallest absolute Gasteiger partial charge is 0.267 e. The molecule has 0 unspecified atom stereocenters. The fourth-order valence-electron chi connectivity index (χ4n) is 1.38. The van der Waals surface area contributed by atoms with Crippen LogP contribution in [0, 0.1) is 10.1 Å². The summed E-state index contributed by atoms with van der Waals surface area (Å²) >= 11 is 0.734. The van der Waals surface area contributed by atoms with Gasteiger partial charge in [-0.15, -0.1) is 0 Å². The lowest BCUT2D eigenvalue weighted by Gasteiger charge is -2.05. The van der Waals surface area contributed by atoms with E-state index in [1.54, 1.807) is 30.3 Å². The number of carbonyl (C=O) groups is 2. The van der Waals surface area contributed by atoms with Crippen molar-refractivity contribution in [3.63, 3.8) is 0 Å². The third-order valence-corrected chi connectivity index (χ3v) is 3.36. The molecule has 8 heteroatoms. The van der Waals surface area contributed by atoms with Gasteiger partial charge in [-0.1, -0.05) is 29.5 Å². The number of rotatable bonds is 3. The lowest BCUT2D eigenvalue weighted by Crippen LogP contribution is -2.41. The van der Waals surface area contributed by atoms with Gasteiger partial charge in [0.25, 0.3) is 11.8 Å². The molecule has 102 valence electrons. The molecule has 2 N–H and O–H groups in total. The largest absolute Gasteiger partial charge is 0.324 e. The van der Waals surface area contributed by atoms with Gasteiger partial charge in [-0.25, -0.2) is 0 Å². The van der Waals surface area contributed by atoms with E-state index >= 15 is 0 Å². The second kappa shape index (κ2) is 5.93. The molecule has 1 heterocycles. The second-order valence-electron chi connectivity index (χ2n) is 3.67. The summed E-state index contributed by atoms with van der Waals surface area (Å²) in [5.74, 6) is -1.07. The summed E-state index contributed by atoms with van der Waals surface area (Å²) in [6, 6.07) is 10.9. The molecule has 0 aliphatic rings. The second-order valence-corrected chi connectivity index (χ2v) is 4.73. The molecular formula is C12H9N3O4S. The van der Waals surface area contributed by atoms with E-state index < -0.39 is 16.7 Å². The van der Waals surface area contributed by atoms with Crippen LogP contribution in [0.5, 0.6) is 0 Å². The van der Waals surface area contributed by atoms with Gasteiger partial charge in [0.1, 0.15) is 4.88 Å². The normalized spacial score (nSPS) is 9.80. The van der Waals surface area contributed by atoms with E-state index in [9.17, 15) is 19.7 Å². The number of hydrogen-bond donors (Lipinski definition) is 2. The maximum absolute atomic E-state index is 11.7. The number of carbonyl (C=O) groups excluding carboxylic acids is 2. The van der Waals surface area contributed by atoms with E-state index in [0.717, 1.165) is 11.3 Å². The molecule has 1 aromatic heterocycles. The zero-order valence-corrected chi connectivity index (χ0v) is 10.8. The standard InChI is InChI=1S/C12H9N3O4S/c16-11(8-4-2-1-3-5-8)13-14-12(17)9-6-7-10(20-9)15(18)19/h1-7H,(H,13,16)(H,14,17). The number of benzene rings is 1. The highest BCUT2D eigenvalue weighted by Gasteiger charge is 2.15. The Bertz CT molecular complexity index is 654. The molecule has 1 aromatic carbocycles. The van der Waals surface area contributed by atoms with Crippen molar-refractivity contribution in [1.29, 1.82) is 0 Å². The van der Waals surface area contributed by atoms with Gasteiger partial charge < -0.3 is 0 Å². The molecule has 2 aromatic rings. The first-order valence-electron chi connectivity index (χ1n) is 5.48. The maximum Gasteiger partial charge on any atom is 0.324 e. The van der Waals surface area contributed by atoms with E-state index in [1.807, 2.05) is 0 Å². The highest BCUT2D eigenvalue weighted by molar-refractivity contribution is 7.17. The van der Waals surface area contributed by atoms with Crippen LogP contribution in [0.15, 0.2) is 42.5 Å². The van der Waals surface area contributed by atoms with E-state index in [1.165, 1.54) is 12.1 Å². The van der Waals surface area contributed by atoms with Crippen molar-refractivity contribution in [3.8, 4) is 0 Å². The Labute approximate surface area is 117 Å². The van der Waals surface area contributed by atoms with Crippen molar-refractivity contribution in [1.82, 2.24) is 10.9 Å². The summed E-state index contributed by atoms with van der Waals surface area (Å²) in [6.07, 6.45) is 0. The first-order chi connectivity index (χ1) is 9.58. The van der Waals surface area contributed by atoms with Gasteiger partial charge in [0, 0.05) is 11.6 Å². The van der Waals surface area contributed by atoms with E-state index in [-0.39, 0.29) is 9.88 Å². The topological polar surface area (TPSA) is 101 Å². The van der Waals surface area contributed by atoms with Gasteiger partial charge in [0.05, 0.1) is 4.92 Å². The van der Waals surface area contributed by atoms with Gasteiger partial charge in [-0.3, -0.25) is 30.6 Å². The molecule has 0 saturated heterocycles. The fraction of sp³-hybridized carbons (Fsp3) is 0. The molecule has 7 nitrogen and oxygen atoms in total. The number of nitrogens with one attached hydrogen (secondary N) is 2. The van der Waals surface area contributed by atoms with Gasteiger partial charge in [-0.2, -0.15) is 0 Å². The van der Waals surface area contributed by atoms with Crippen LogP contribution in [0.3, 0.4) is 0 Å². The molecule has 0 saturated carbocycles. The van der Waals surface area contributed by atoms with Crippen LogP contribution in [-0.2, 0) is 0 Å². The van der Waals surface area contributed by atoms with Crippen LogP contribution in [0.2, 0.25) is 0 Å². The SMILES string of the molecule is O=C(NNC(=O)c1ccc([N+](=O)[O-])s1)c1ccccc1. The molecule has 0 spiro atoms. The van der Waals surface area contributed by atoms with E-state index in [2.05, 4.69) is 10.9 Å². The first kappa shape index (κ1) is 13.7. The molecule has 0 aliphatic carbocycles. The van der Waals surface area contributed by atoms with Gasteiger partial charge in [-0.05, 0) is 18.2 Å². The molecule has 0 bridgehead atoms. The minimum Gasteiger partial charge on any atom is -0.267 e. The van der Waals surface area contributed by atoms with E-state index in [0.29, 0.717) is 5.56 Å². The third kappa shape index (κ3) is 3.18. The van der Waals surface area contributed by atoms with Gasteiger partial charge in [0.15, 0.2) is 0 Å². The van der Waals surface area contributed by atoms with Crippen molar-refractivity contribution in [2.75, 3.05) is 0 Å². The zero-order chi connectivity index (χ0) is 14.5. The molecule has 2 amide bonds. The Kier molecular flexibility index (Phi) is 4.06. The molecule has 2 rings (SSSR count). The van der Waals surface area contributed by atoms with Crippen LogP contribution in [0.1, 0.15) is 20.0 Å². The lowest BCUT2D eigenvalue weighted by molar-refractivity contribution is -0.380. The van der Waals surface area contributed by atoms with E-state index in [4.69, 9.17) is 0 Å². The Morgan fingerprint density at radius 2 is 1.65 bits per heavy atom. The maximum atomic E-state index is 11.7. The number of hydrazine groups is 1. The highest BCUT2D eigenvalue weighted by atomic mass is 32.1. The fourth-order valence-corrected chi connectivity index (χ4v) is 2.10. The molecule has 20 heavy (non-hydrogen) atoms. The molecule has 0 atom stereocenters. The Morgan fingerprint density at radius 1 is 1.00 bits per heavy atom. The highest BCUT2D eigenvalue weighted by Crippen LogP contribution is 2.23. The quantitative estimate of drug-likeness (QED) is 0.664. The Hall–Kier alpha value is -2.74. The molecule has 0 fully saturated rings. The van der Waals surface area contributed by atoms with Crippen LogP contribution < -0.4 is 10.9 Å². The Balaban J connectivity index is 1.95. The summed E-state index contributed by atoms with van der Waals surface area (Å²) in [5, 5.41) is 10.4. The van der Waals surface area contributed by atoms with Crippen LogP contribution in [0.4, 0.5) is 5.00 Å². The minimum absolute atomic E-state index is 0.135. The summed E-state index contributed by atoms with van der Waals surface area (Å²) in [7, 11) is 0. The van der Waals surface area contributed by atoms with Crippen molar-refractivity contribution in [3.05, 3.63) is 63.0 Å². The lowest BCUT2D eigenvalue weighted by atomic mass is 10.2. The summed E-state index contributed by atoms with van der Waals surface area (Å²) < 4.78 is 0. The van der Waals surface area contributed by atoms with Crippen molar-refractivity contribution >= 4 is 28.2 Å². The van der Waals surface area contributed by atoms with Crippen molar-refractivity contribution in [2.24, 2.45) is 0 Å². The number of thiophene rings is 1. The Morgan fingerprint density at radius 3 is 2.25 bits per heavy atom. The zero-order valence-electron chi connectivity index (χ0n) is 10.0. The number of nitro groups is 1. The predicted molar refractivity (Wildman–Crippen MR) is 72.3 cm³/mol. The van der Waals surface area contributed by atoms with Gasteiger partial charge >= 0.3 is 5.00 Å². The average Bonchev–Trinajstić information content (AvgIpc) is 2.95. The number of hydrogen-bond acceptors (Lipinski definition) is 5. The molecule has 0 radical (unpaired) electrons.